The Morgan fingerprint density at radius 1 is 1.07 bits per heavy atom. The van der Waals surface area contributed by atoms with Crippen molar-refractivity contribution in [1.82, 2.24) is 15.2 Å². The van der Waals surface area contributed by atoms with E-state index in [1.165, 1.54) is 25.3 Å². The number of carboxylic acid groups (broad SMARTS) is 1. The molecular formula is C43H50ClN3O8. The van der Waals surface area contributed by atoms with Crippen LogP contribution in [0.25, 0.3) is 10.9 Å². The van der Waals surface area contributed by atoms with Gasteiger partial charge in [-0.15, -0.1) is 0 Å². The number of hydrogen-bond donors (Lipinski definition) is 5. The van der Waals surface area contributed by atoms with E-state index in [0.717, 1.165) is 62.9 Å². The van der Waals surface area contributed by atoms with Gasteiger partial charge in [0.1, 0.15) is 17.6 Å². The number of carbonyl (C=O) groups excluding carboxylic acids is 1. The van der Waals surface area contributed by atoms with Crippen LogP contribution in [0.4, 0.5) is 0 Å². The summed E-state index contributed by atoms with van der Waals surface area (Å²) in [6, 6.07) is 15.5. The van der Waals surface area contributed by atoms with Crippen LogP contribution in [-0.4, -0.2) is 76.5 Å². The summed E-state index contributed by atoms with van der Waals surface area (Å²) in [7, 11) is 1.48. The summed E-state index contributed by atoms with van der Waals surface area (Å²) in [6.07, 6.45) is 5.92. The average molecular weight is 772 g/mol. The molecule has 4 aliphatic rings. The number of halogens is 1. The smallest absolute Gasteiger partial charge is 0.337 e. The molecule has 3 aromatic carbocycles. The summed E-state index contributed by atoms with van der Waals surface area (Å²) in [5.74, 6) is -1.04. The van der Waals surface area contributed by atoms with Crippen molar-refractivity contribution in [1.29, 1.82) is 0 Å². The number of aliphatic hydroxyl groups excluding tert-OH is 1. The number of hydrogen-bond acceptors (Lipinski definition) is 9. The molecule has 3 aliphatic heterocycles. The van der Waals surface area contributed by atoms with Crippen LogP contribution in [0, 0.1) is 5.92 Å². The zero-order valence-electron chi connectivity index (χ0n) is 31.4. The fourth-order valence-electron chi connectivity index (χ4n) is 9.29. The highest BCUT2D eigenvalue weighted by Crippen LogP contribution is 2.46. The maximum Gasteiger partial charge on any atom is 0.337 e. The number of nitrogens with one attached hydrogen (secondary N) is 2. The number of benzene rings is 3. The van der Waals surface area contributed by atoms with Crippen molar-refractivity contribution < 1.29 is 34.4 Å². The van der Waals surface area contributed by atoms with Gasteiger partial charge < -0.3 is 35.1 Å². The average Bonchev–Trinajstić information content (AvgIpc) is 3.20. The van der Waals surface area contributed by atoms with E-state index in [-0.39, 0.29) is 58.5 Å². The third kappa shape index (κ3) is 7.59. The number of nitrogens with zero attached hydrogens (tertiary/aromatic N) is 1. The molecule has 4 heterocycles. The number of phenols is 1. The van der Waals surface area contributed by atoms with Crippen LogP contribution in [0.2, 0.25) is 5.02 Å². The molecule has 1 aromatic heterocycles. The van der Waals surface area contributed by atoms with Crippen molar-refractivity contribution in [3.05, 3.63) is 103 Å². The Bertz CT molecular complexity index is 2120. The molecule has 1 saturated carbocycles. The number of fused-ring (bicyclic) bond motifs is 4. The lowest BCUT2D eigenvalue weighted by molar-refractivity contribution is -0.167. The van der Waals surface area contributed by atoms with E-state index in [4.69, 9.17) is 21.1 Å². The maximum atomic E-state index is 14.4. The SMILES string of the molecule is CCC(c1cccc(C2(C(=O)O[C@H]3CN4CCC3CC4)CCCCC2)c1)c1c(Cl)c(C(=O)O)cc(OC)c1CNC[C@H](O)c1ccc(O)c2[nH]c(=O)ccc12. The third-order valence-corrected chi connectivity index (χ3v) is 12.7. The van der Waals surface area contributed by atoms with Gasteiger partial charge in [0.15, 0.2) is 0 Å². The molecule has 0 radical (unpaired) electrons. The lowest BCUT2D eigenvalue weighted by Crippen LogP contribution is -2.53. The van der Waals surface area contributed by atoms with Gasteiger partial charge in [0.2, 0.25) is 5.56 Å². The molecule has 4 fully saturated rings. The Balaban J connectivity index is 1.21. The fraction of sp³-hybridized carbons (Fsp3) is 0.465. The molecule has 55 heavy (non-hydrogen) atoms. The number of carboxylic acids is 1. The number of aromatic hydroxyl groups is 1. The Kier molecular flexibility index (Phi) is 11.6. The van der Waals surface area contributed by atoms with Gasteiger partial charge in [-0.2, -0.15) is 0 Å². The molecule has 2 bridgehead atoms. The number of aromatic amines is 1. The van der Waals surface area contributed by atoms with Gasteiger partial charge in [-0.25, -0.2) is 4.79 Å². The van der Waals surface area contributed by atoms with Crippen LogP contribution < -0.4 is 15.6 Å². The van der Waals surface area contributed by atoms with Crippen LogP contribution in [0.15, 0.2) is 59.4 Å². The standard InChI is InChI=1S/C43H50ClN3O8/c1-3-28(26-8-7-9-27(20-26)43(16-5-4-6-17-43)42(53)55-36-24-47-18-14-25(36)15-19-47)38-32(35(54-2)21-31(39(38)44)41(51)52)22-45-23-34(49)29-10-12-33(48)40-30(29)11-13-37(50)46-40/h7-13,20-21,25,28,34,36,45,48-49H,3-6,14-19,22-24H2,1-2H3,(H,46,50)(H,51,52)/t28?,34-,36-/m0/s1. The molecule has 11 nitrogen and oxygen atoms in total. The number of phenolic OH excluding ortho intramolecular Hbond substituents is 1. The van der Waals surface area contributed by atoms with E-state index in [9.17, 15) is 29.7 Å². The number of esters is 1. The second-order valence-corrected chi connectivity index (χ2v) is 15.8. The first-order chi connectivity index (χ1) is 26.5. The van der Waals surface area contributed by atoms with E-state index in [2.05, 4.69) is 21.3 Å². The Labute approximate surface area is 325 Å². The predicted molar refractivity (Wildman–Crippen MR) is 210 cm³/mol. The number of methoxy groups -OCH3 is 1. The summed E-state index contributed by atoms with van der Waals surface area (Å²) in [6.45, 7) is 5.21. The Morgan fingerprint density at radius 2 is 1.84 bits per heavy atom. The number of piperidine rings is 3. The minimum absolute atomic E-state index is 0.0798. The Hall–Kier alpha value is -4.42. The zero-order chi connectivity index (χ0) is 38.9. The van der Waals surface area contributed by atoms with E-state index >= 15 is 0 Å². The van der Waals surface area contributed by atoms with E-state index in [1.807, 2.05) is 25.1 Å². The molecule has 12 heteroatoms. The fourth-order valence-corrected chi connectivity index (χ4v) is 9.67. The molecule has 292 valence electrons. The normalized spacial score (nSPS) is 21.6. The summed E-state index contributed by atoms with van der Waals surface area (Å²) in [5.41, 5.74) is 2.58. The van der Waals surface area contributed by atoms with Crippen LogP contribution in [0.1, 0.15) is 108 Å². The van der Waals surface area contributed by atoms with Gasteiger partial charge in [0, 0.05) is 42.6 Å². The molecule has 3 saturated heterocycles. The van der Waals surface area contributed by atoms with Crippen molar-refractivity contribution in [3.63, 3.8) is 0 Å². The highest BCUT2D eigenvalue weighted by atomic mass is 35.5. The first kappa shape index (κ1) is 38.8. The summed E-state index contributed by atoms with van der Waals surface area (Å²) in [4.78, 5) is 43.8. The van der Waals surface area contributed by atoms with Crippen molar-refractivity contribution in [3.8, 4) is 11.5 Å². The van der Waals surface area contributed by atoms with E-state index in [0.29, 0.717) is 53.0 Å². The number of pyridine rings is 1. The second-order valence-electron chi connectivity index (χ2n) is 15.4. The highest BCUT2D eigenvalue weighted by molar-refractivity contribution is 6.34. The van der Waals surface area contributed by atoms with Crippen molar-refractivity contribution in [2.75, 3.05) is 33.3 Å². The molecule has 5 N–H and O–H groups in total. The summed E-state index contributed by atoms with van der Waals surface area (Å²) >= 11 is 7.05. The number of aromatic carboxylic acids is 1. The molecular weight excluding hydrogens is 722 g/mol. The Morgan fingerprint density at radius 3 is 2.51 bits per heavy atom. The van der Waals surface area contributed by atoms with Crippen LogP contribution in [0.5, 0.6) is 11.5 Å². The van der Waals surface area contributed by atoms with Crippen molar-refractivity contribution >= 4 is 34.4 Å². The quantitative estimate of drug-likeness (QED) is 0.0915. The van der Waals surface area contributed by atoms with Crippen LogP contribution >= 0.6 is 11.6 Å². The number of aliphatic hydroxyl groups is 1. The highest BCUT2D eigenvalue weighted by Gasteiger charge is 2.46. The van der Waals surface area contributed by atoms with E-state index < -0.39 is 17.5 Å². The molecule has 4 aromatic rings. The number of H-pyrrole nitrogens is 1. The van der Waals surface area contributed by atoms with Crippen LogP contribution in [-0.2, 0) is 21.5 Å². The number of ether oxygens (including phenoxy) is 2. The lowest BCUT2D eigenvalue weighted by atomic mass is 9.68. The number of aromatic nitrogens is 1. The zero-order valence-corrected chi connectivity index (χ0v) is 32.2. The number of rotatable bonds is 13. The number of carbonyl (C=O) groups is 2. The van der Waals surface area contributed by atoms with Gasteiger partial charge in [0.05, 0.1) is 34.7 Å². The van der Waals surface area contributed by atoms with Gasteiger partial charge in [-0.05, 0) is 91.6 Å². The second kappa shape index (κ2) is 16.4. The maximum absolute atomic E-state index is 14.4. The van der Waals surface area contributed by atoms with Crippen molar-refractivity contribution in [2.45, 2.75) is 88.4 Å². The molecule has 0 amide bonds. The monoisotopic (exact) mass is 771 g/mol. The molecule has 1 unspecified atom stereocenters. The van der Waals surface area contributed by atoms with Crippen LogP contribution in [0.3, 0.4) is 0 Å². The molecule has 3 atom stereocenters. The molecule has 1 aliphatic carbocycles. The summed E-state index contributed by atoms with van der Waals surface area (Å²) < 4.78 is 12.2. The molecule has 0 spiro atoms. The third-order valence-electron chi connectivity index (χ3n) is 12.3. The largest absolute Gasteiger partial charge is 0.506 e. The predicted octanol–water partition coefficient (Wildman–Crippen LogP) is 6.80. The first-order valence-corrected chi connectivity index (χ1v) is 19.8. The van der Waals surface area contributed by atoms with Gasteiger partial charge in [-0.3, -0.25) is 14.5 Å². The van der Waals surface area contributed by atoms with Gasteiger partial charge in [0.25, 0.3) is 0 Å². The van der Waals surface area contributed by atoms with Gasteiger partial charge in [-0.1, -0.05) is 68.1 Å². The molecule has 8 rings (SSSR count). The summed E-state index contributed by atoms with van der Waals surface area (Å²) in [5, 5.41) is 35.8. The van der Waals surface area contributed by atoms with E-state index in [1.54, 1.807) is 12.1 Å². The topological polar surface area (TPSA) is 161 Å². The van der Waals surface area contributed by atoms with Gasteiger partial charge >= 0.3 is 11.9 Å². The minimum Gasteiger partial charge on any atom is -0.506 e. The lowest BCUT2D eigenvalue weighted by Gasteiger charge is -2.45. The minimum atomic E-state index is -1.18. The van der Waals surface area contributed by atoms with Crippen molar-refractivity contribution in [2.24, 2.45) is 5.92 Å². The first-order valence-electron chi connectivity index (χ1n) is 19.4.